The molecule has 2 atom stereocenters. The molecule has 1 fully saturated rings. The Balaban J connectivity index is 2.09. The van der Waals surface area contributed by atoms with Gasteiger partial charge < -0.3 is 10.1 Å². The Bertz CT molecular complexity index is 436. The molecule has 0 radical (unpaired) electrons. The van der Waals surface area contributed by atoms with Gasteiger partial charge in [0, 0.05) is 42.8 Å². The lowest BCUT2D eigenvalue weighted by molar-refractivity contribution is 0.0592. The van der Waals surface area contributed by atoms with Crippen molar-refractivity contribution in [1.82, 2.24) is 10.2 Å². The van der Waals surface area contributed by atoms with Crippen LogP contribution in [0.15, 0.2) is 18.2 Å². The Morgan fingerprint density at radius 1 is 1.45 bits per heavy atom. The molecule has 0 aliphatic carbocycles. The average Bonchev–Trinajstić information content (AvgIpc) is 2.94. The molecule has 2 rings (SSSR count). The summed E-state index contributed by atoms with van der Waals surface area (Å²) in [6.45, 7) is 5.94. The van der Waals surface area contributed by atoms with Crippen molar-refractivity contribution in [2.75, 3.05) is 26.7 Å². The maximum absolute atomic E-state index is 6.29. The normalized spacial score (nSPS) is 20.6. The summed E-state index contributed by atoms with van der Waals surface area (Å²) < 4.78 is 5.41. The molecule has 1 saturated heterocycles. The molecule has 2 unspecified atom stereocenters. The molecule has 1 aromatic carbocycles. The van der Waals surface area contributed by atoms with Crippen LogP contribution in [0.3, 0.4) is 0 Å². The van der Waals surface area contributed by atoms with E-state index < -0.39 is 0 Å². The Morgan fingerprint density at radius 3 is 2.85 bits per heavy atom. The van der Waals surface area contributed by atoms with Gasteiger partial charge in [0.25, 0.3) is 0 Å². The fourth-order valence-corrected chi connectivity index (χ4v) is 3.04. The third-order valence-corrected chi connectivity index (χ3v) is 4.42. The van der Waals surface area contributed by atoms with Crippen LogP contribution in [0.4, 0.5) is 0 Å². The third kappa shape index (κ3) is 4.34. The van der Waals surface area contributed by atoms with Crippen LogP contribution in [0.2, 0.25) is 10.0 Å². The van der Waals surface area contributed by atoms with Gasteiger partial charge in [0.2, 0.25) is 0 Å². The number of hydrogen-bond donors (Lipinski definition) is 1. The number of benzene rings is 1. The summed E-state index contributed by atoms with van der Waals surface area (Å²) in [5, 5.41) is 4.83. The van der Waals surface area contributed by atoms with Gasteiger partial charge in [-0.2, -0.15) is 0 Å². The molecule has 1 aliphatic heterocycles. The predicted molar refractivity (Wildman–Crippen MR) is 84.6 cm³/mol. The number of nitrogens with zero attached hydrogens (tertiary/aromatic N) is 1. The van der Waals surface area contributed by atoms with E-state index >= 15 is 0 Å². The summed E-state index contributed by atoms with van der Waals surface area (Å²) in [4.78, 5) is 2.45. The second-order valence-electron chi connectivity index (χ2n) is 5.36. The van der Waals surface area contributed by atoms with Crippen LogP contribution in [-0.4, -0.2) is 43.8 Å². The Kier molecular flexibility index (Phi) is 6.12. The highest BCUT2D eigenvalue weighted by molar-refractivity contribution is 6.35. The fraction of sp³-hybridized carbons (Fsp3) is 0.600. The van der Waals surface area contributed by atoms with E-state index in [2.05, 4.69) is 17.1 Å². The smallest absolute Gasteiger partial charge is 0.0670 e. The number of methoxy groups -OCH3 is 1. The lowest BCUT2D eigenvalue weighted by atomic mass is 10.1. The molecule has 1 heterocycles. The Labute approximate surface area is 131 Å². The first-order chi connectivity index (χ1) is 9.60. The van der Waals surface area contributed by atoms with Crippen LogP contribution in [0.5, 0.6) is 0 Å². The van der Waals surface area contributed by atoms with E-state index in [0.29, 0.717) is 11.1 Å². The Hall–Kier alpha value is -0.320. The molecule has 3 nitrogen and oxygen atoms in total. The summed E-state index contributed by atoms with van der Waals surface area (Å²) in [7, 11) is 1.75. The molecule has 112 valence electrons. The molecule has 0 spiro atoms. The van der Waals surface area contributed by atoms with E-state index in [-0.39, 0.29) is 6.10 Å². The average molecular weight is 317 g/mol. The van der Waals surface area contributed by atoms with Crippen molar-refractivity contribution in [2.45, 2.75) is 32.0 Å². The van der Waals surface area contributed by atoms with Crippen LogP contribution in [0.25, 0.3) is 0 Å². The molecule has 0 saturated carbocycles. The first kappa shape index (κ1) is 16.1. The zero-order valence-electron chi connectivity index (χ0n) is 12.0. The van der Waals surface area contributed by atoms with Gasteiger partial charge in [0.15, 0.2) is 0 Å². The lowest BCUT2D eigenvalue weighted by Gasteiger charge is -2.30. The van der Waals surface area contributed by atoms with Crippen LogP contribution >= 0.6 is 23.2 Å². The van der Waals surface area contributed by atoms with Crippen molar-refractivity contribution < 1.29 is 4.74 Å². The summed E-state index contributed by atoms with van der Waals surface area (Å²) in [5.41, 5.74) is 1.12. The molecule has 0 amide bonds. The molecule has 5 heteroatoms. The number of halogens is 2. The zero-order valence-corrected chi connectivity index (χ0v) is 13.5. The highest BCUT2D eigenvalue weighted by Gasteiger charge is 2.24. The van der Waals surface area contributed by atoms with Crippen molar-refractivity contribution in [1.29, 1.82) is 0 Å². The number of hydrogen-bond acceptors (Lipinski definition) is 3. The molecule has 1 aromatic rings. The SMILES string of the molecule is COC(C)CN(Cc1ccc(Cl)cc1Cl)C1CCNC1. The third-order valence-electron chi connectivity index (χ3n) is 3.83. The molecule has 0 bridgehead atoms. The van der Waals surface area contributed by atoms with E-state index in [1.807, 2.05) is 18.2 Å². The minimum atomic E-state index is 0.210. The van der Waals surface area contributed by atoms with Gasteiger partial charge >= 0.3 is 0 Å². The van der Waals surface area contributed by atoms with E-state index in [1.54, 1.807) is 7.11 Å². The van der Waals surface area contributed by atoms with Crippen LogP contribution in [-0.2, 0) is 11.3 Å². The lowest BCUT2D eigenvalue weighted by Crippen LogP contribution is -2.41. The van der Waals surface area contributed by atoms with Gasteiger partial charge in [-0.1, -0.05) is 29.3 Å². The van der Waals surface area contributed by atoms with Gasteiger partial charge in [-0.05, 0) is 37.6 Å². The van der Waals surface area contributed by atoms with Gasteiger partial charge in [-0.3, -0.25) is 4.90 Å². The first-order valence-corrected chi connectivity index (χ1v) is 7.77. The molecule has 20 heavy (non-hydrogen) atoms. The highest BCUT2D eigenvalue weighted by Crippen LogP contribution is 2.24. The van der Waals surface area contributed by atoms with E-state index in [4.69, 9.17) is 27.9 Å². The number of rotatable bonds is 6. The minimum Gasteiger partial charge on any atom is -0.380 e. The van der Waals surface area contributed by atoms with Gasteiger partial charge in [-0.15, -0.1) is 0 Å². The van der Waals surface area contributed by atoms with Crippen LogP contribution in [0.1, 0.15) is 18.9 Å². The number of nitrogens with one attached hydrogen (secondary N) is 1. The van der Waals surface area contributed by atoms with Crippen LogP contribution < -0.4 is 5.32 Å². The topological polar surface area (TPSA) is 24.5 Å². The van der Waals surface area contributed by atoms with Gasteiger partial charge in [0.05, 0.1) is 6.10 Å². The monoisotopic (exact) mass is 316 g/mol. The molecule has 1 N–H and O–H groups in total. The predicted octanol–water partition coefficient (Wildman–Crippen LogP) is 3.19. The molecular weight excluding hydrogens is 295 g/mol. The Morgan fingerprint density at radius 2 is 2.25 bits per heavy atom. The second kappa shape index (κ2) is 7.62. The minimum absolute atomic E-state index is 0.210. The maximum atomic E-state index is 6.29. The van der Waals surface area contributed by atoms with Crippen LogP contribution in [0, 0.1) is 0 Å². The number of ether oxygens (including phenoxy) is 1. The molecule has 1 aliphatic rings. The fourth-order valence-electron chi connectivity index (χ4n) is 2.57. The highest BCUT2D eigenvalue weighted by atomic mass is 35.5. The van der Waals surface area contributed by atoms with Gasteiger partial charge in [-0.25, -0.2) is 0 Å². The van der Waals surface area contributed by atoms with Crippen molar-refractivity contribution in [3.8, 4) is 0 Å². The standard InChI is InChI=1S/C15H22Cl2N2O/c1-11(20-2)9-19(14-5-6-18-8-14)10-12-3-4-13(16)7-15(12)17/h3-4,7,11,14,18H,5-6,8-10H2,1-2H3. The van der Waals surface area contributed by atoms with E-state index in [9.17, 15) is 0 Å². The molecule has 0 aromatic heterocycles. The van der Waals surface area contributed by atoms with E-state index in [0.717, 1.165) is 36.8 Å². The quantitative estimate of drug-likeness (QED) is 0.872. The summed E-state index contributed by atoms with van der Waals surface area (Å²) >= 11 is 12.3. The van der Waals surface area contributed by atoms with Gasteiger partial charge in [0.1, 0.15) is 0 Å². The maximum Gasteiger partial charge on any atom is 0.0670 e. The zero-order chi connectivity index (χ0) is 14.5. The first-order valence-electron chi connectivity index (χ1n) is 7.01. The summed E-state index contributed by atoms with van der Waals surface area (Å²) in [6.07, 6.45) is 1.38. The second-order valence-corrected chi connectivity index (χ2v) is 6.20. The van der Waals surface area contributed by atoms with Crippen molar-refractivity contribution in [3.05, 3.63) is 33.8 Å². The largest absolute Gasteiger partial charge is 0.380 e. The summed E-state index contributed by atoms with van der Waals surface area (Å²) in [6, 6.07) is 6.26. The summed E-state index contributed by atoms with van der Waals surface area (Å²) in [5.74, 6) is 0. The van der Waals surface area contributed by atoms with E-state index in [1.165, 1.54) is 6.42 Å². The van der Waals surface area contributed by atoms with Crippen molar-refractivity contribution in [3.63, 3.8) is 0 Å². The molecular formula is C15H22Cl2N2O. The van der Waals surface area contributed by atoms with Crippen molar-refractivity contribution >= 4 is 23.2 Å². The van der Waals surface area contributed by atoms with Crippen molar-refractivity contribution in [2.24, 2.45) is 0 Å².